The lowest BCUT2D eigenvalue weighted by Crippen LogP contribution is -2.07. The zero-order valence-electron chi connectivity index (χ0n) is 6.66. The Hall–Kier alpha value is -0.960. The summed E-state index contributed by atoms with van der Waals surface area (Å²) >= 11 is 2.83. The molecule has 0 aromatic heterocycles. The molecule has 0 radical (unpaired) electrons. The van der Waals surface area contributed by atoms with E-state index in [4.69, 9.17) is 8.95 Å². The second-order valence-electron chi connectivity index (χ2n) is 2.56. The molecular formula is C9H10O2S. The minimum atomic E-state index is 0.886. The van der Waals surface area contributed by atoms with Crippen molar-refractivity contribution in [2.24, 2.45) is 0 Å². The molecule has 0 amide bonds. The fraction of sp³-hybridized carbons (Fsp3) is 0.333. The smallest absolute Gasteiger partial charge is 0.197 e. The predicted molar refractivity (Wildman–Crippen MR) is 48.4 cm³/mol. The molecule has 2 nitrogen and oxygen atoms in total. The second-order valence-corrected chi connectivity index (χ2v) is 2.56. The zero-order chi connectivity index (χ0) is 8.81. The van der Waals surface area contributed by atoms with E-state index >= 15 is 0 Å². The lowest BCUT2D eigenvalue weighted by molar-refractivity contribution is 0.288. The molecule has 0 spiro atoms. The third-order valence-electron chi connectivity index (χ3n) is 1.82. The van der Waals surface area contributed by atoms with Crippen LogP contribution in [-0.4, -0.2) is 10.8 Å². The van der Waals surface area contributed by atoms with Gasteiger partial charge in [-0.1, -0.05) is 18.2 Å². The fourth-order valence-corrected chi connectivity index (χ4v) is 1.30. The maximum absolute atomic E-state index is 7.83. The van der Waals surface area contributed by atoms with Gasteiger partial charge in [-0.2, -0.15) is 4.21 Å². The molecule has 1 aliphatic heterocycles. The summed E-state index contributed by atoms with van der Waals surface area (Å²) < 4.78 is 13.3. The summed E-state index contributed by atoms with van der Waals surface area (Å²) in [5.74, 6) is 1.08. The minimum Gasteiger partial charge on any atom is -0.493 e. The summed E-state index contributed by atoms with van der Waals surface area (Å²) in [4.78, 5) is 0. The SMILES string of the molecule is O=S.c1ccc2c(c1)CCCO2. The number of para-hydroxylation sites is 1. The zero-order valence-corrected chi connectivity index (χ0v) is 7.47. The summed E-state index contributed by atoms with van der Waals surface area (Å²) in [6, 6.07) is 8.25. The van der Waals surface area contributed by atoms with Crippen LogP contribution in [-0.2, 0) is 19.0 Å². The van der Waals surface area contributed by atoms with E-state index in [1.54, 1.807) is 0 Å². The standard InChI is InChI=1S/C9H10O.OS/c1-2-6-9-8(4-1)5-3-7-10-9;1-2/h1-2,4,6H,3,5,7H2;. The Morgan fingerprint density at radius 3 is 2.75 bits per heavy atom. The highest BCUT2D eigenvalue weighted by Gasteiger charge is 2.06. The first-order chi connectivity index (χ1) is 5.97. The quantitative estimate of drug-likeness (QED) is 0.610. The van der Waals surface area contributed by atoms with Crippen LogP contribution in [0.4, 0.5) is 0 Å². The minimum absolute atomic E-state index is 0.886. The van der Waals surface area contributed by atoms with Gasteiger partial charge in [0.15, 0.2) is 12.5 Å². The van der Waals surface area contributed by atoms with E-state index in [0.29, 0.717) is 0 Å². The van der Waals surface area contributed by atoms with E-state index in [9.17, 15) is 0 Å². The van der Waals surface area contributed by atoms with Gasteiger partial charge < -0.3 is 4.74 Å². The highest BCUT2D eigenvalue weighted by molar-refractivity contribution is 7.44. The van der Waals surface area contributed by atoms with E-state index in [1.807, 2.05) is 12.1 Å². The van der Waals surface area contributed by atoms with Gasteiger partial charge in [-0.3, -0.25) is 0 Å². The molecule has 1 aliphatic rings. The van der Waals surface area contributed by atoms with E-state index in [-0.39, 0.29) is 0 Å². The third kappa shape index (κ3) is 2.01. The molecule has 2 rings (SSSR count). The summed E-state index contributed by atoms with van der Waals surface area (Å²) in [6.07, 6.45) is 2.34. The Morgan fingerprint density at radius 1 is 1.25 bits per heavy atom. The predicted octanol–water partition coefficient (Wildman–Crippen LogP) is 1.68. The van der Waals surface area contributed by atoms with Crippen LogP contribution in [0.3, 0.4) is 0 Å². The molecule has 0 unspecified atom stereocenters. The maximum atomic E-state index is 7.83. The van der Waals surface area contributed by atoms with Crippen LogP contribution >= 0.6 is 0 Å². The van der Waals surface area contributed by atoms with Crippen molar-refractivity contribution in [3.05, 3.63) is 29.8 Å². The first-order valence-electron chi connectivity index (χ1n) is 3.84. The fourth-order valence-electron chi connectivity index (χ4n) is 1.30. The van der Waals surface area contributed by atoms with Gasteiger partial charge in [-0.05, 0) is 24.5 Å². The van der Waals surface area contributed by atoms with Gasteiger partial charge in [-0.25, -0.2) is 0 Å². The topological polar surface area (TPSA) is 26.3 Å². The molecule has 1 aromatic carbocycles. The Morgan fingerprint density at radius 2 is 2.00 bits per heavy atom. The highest BCUT2D eigenvalue weighted by atomic mass is 32.1. The van der Waals surface area contributed by atoms with Crippen molar-refractivity contribution in [2.45, 2.75) is 12.8 Å². The first kappa shape index (κ1) is 9.13. The van der Waals surface area contributed by atoms with Gasteiger partial charge in [0.2, 0.25) is 0 Å². The number of fused-ring (bicyclic) bond motifs is 1. The Labute approximate surface area is 77.1 Å². The highest BCUT2D eigenvalue weighted by Crippen LogP contribution is 2.22. The molecule has 0 atom stereocenters. The number of rotatable bonds is 0. The van der Waals surface area contributed by atoms with Crippen LogP contribution in [0.15, 0.2) is 24.3 Å². The molecule has 1 heterocycles. The molecule has 0 saturated heterocycles. The molecule has 0 saturated carbocycles. The van der Waals surface area contributed by atoms with Gasteiger partial charge in [0.05, 0.1) is 6.61 Å². The molecule has 12 heavy (non-hydrogen) atoms. The first-order valence-corrected chi connectivity index (χ1v) is 4.17. The average Bonchev–Trinajstić information content (AvgIpc) is 2.21. The Bertz CT molecular complexity index is 225. The van der Waals surface area contributed by atoms with Crippen molar-refractivity contribution in [1.29, 1.82) is 0 Å². The molecule has 1 aromatic rings. The monoisotopic (exact) mass is 182 g/mol. The van der Waals surface area contributed by atoms with Gasteiger partial charge in [0, 0.05) is 0 Å². The lowest BCUT2D eigenvalue weighted by atomic mass is 10.1. The van der Waals surface area contributed by atoms with E-state index in [1.165, 1.54) is 12.0 Å². The van der Waals surface area contributed by atoms with Crippen LogP contribution in [0.25, 0.3) is 0 Å². The number of ether oxygens (including phenoxy) is 1. The molecule has 0 N–H and O–H groups in total. The van der Waals surface area contributed by atoms with Crippen molar-refractivity contribution >= 4 is 12.5 Å². The van der Waals surface area contributed by atoms with Crippen molar-refractivity contribution in [2.75, 3.05) is 6.61 Å². The normalized spacial score (nSPS) is 13.3. The molecule has 0 bridgehead atoms. The number of aryl methyl sites for hydroxylation is 1. The van der Waals surface area contributed by atoms with E-state index in [0.717, 1.165) is 18.8 Å². The van der Waals surface area contributed by atoms with E-state index < -0.39 is 0 Å². The number of benzene rings is 1. The van der Waals surface area contributed by atoms with Gasteiger partial charge in [0.25, 0.3) is 0 Å². The van der Waals surface area contributed by atoms with Gasteiger partial charge in [-0.15, -0.1) is 0 Å². The average molecular weight is 182 g/mol. The van der Waals surface area contributed by atoms with Crippen molar-refractivity contribution < 1.29 is 8.95 Å². The Kier molecular flexibility index (Phi) is 3.67. The van der Waals surface area contributed by atoms with Gasteiger partial charge >= 0.3 is 0 Å². The summed E-state index contributed by atoms with van der Waals surface area (Å²) in [6.45, 7) is 0.886. The van der Waals surface area contributed by atoms with Gasteiger partial charge in [0.1, 0.15) is 5.75 Å². The number of hydrogen-bond donors (Lipinski definition) is 0. The molecule has 3 heteroatoms. The largest absolute Gasteiger partial charge is 0.493 e. The third-order valence-corrected chi connectivity index (χ3v) is 1.82. The summed E-state index contributed by atoms with van der Waals surface area (Å²) in [5.41, 5.74) is 1.36. The van der Waals surface area contributed by atoms with Crippen molar-refractivity contribution in [3.63, 3.8) is 0 Å². The van der Waals surface area contributed by atoms with Crippen molar-refractivity contribution in [3.8, 4) is 5.75 Å². The van der Waals surface area contributed by atoms with Crippen LogP contribution in [0.5, 0.6) is 5.75 Å². The van der Waals surface area contributed by atoms with Crippen LogP contribution < -0.4 is 4.74 Å². The molecular weight excluding hydrogens is 172 g/mol. The summed E-state index contributed by atoms with van der Waals surface area (Å²) in [5, 5.41) is 0. The Balaban J connectivity index is 0.000000336. The molecule has 0 aliphatic carbocycles. The van der Waals surface area contributed by atoms with Crippen LogP contribution in [0.1, 0.15) is 12.0 Å². The van der Waals surface area contributed by atoms with Crippen LogP contribution in [0.2, 0.25) is 0 Å². The molecule has 0 fully saturated rings. The maximum Gasteiger partial charge on any atom is 0.197 e. The number of hydrogen-bond acceptors (Lipinski definition) is 3. The second kappa shape index (κ2) is 4.83. The molecule has 64 valence electrons. The van der Waals surface area contributed by atoms with Crippen molar-refractivity contribution in [1.82, 2.24) is 0 Å². The lowest BCUT2D eigenvalue weighted by Gasteiger charge is -2.15. The van der Waals surface area contributed by atoms with E-state index in [2.05, 4.69) is 24.7 Å². The van der Waals surface area contributed by atoms with Crippen LogP contribution in [0, 0.1) is 0 Å². The summed E-state index contributed by atoms with van der Waals surface area (Å²) in [7, 11) is 0.